The summed E-state index contributed by atoms with van der Waals surface area (Å²) in [5, 5.41) is 6.31. The fourth-order valence-corrected chi connectivity index (χ4v) is 2.97. The minimum absolute atomic E-state index is 0.0243. The van der Waals surface area contributed by atoms with Crippen LogP contribution in [-0.4, -0.2) is 17.3 Å². The summed E-state index contributed by atoms with van der Waals surface area (Å²) >= 11 is 0. The van der Waals surface area contributed by atoms with Gasteiger partial charge in [-0.15, -0.1) is 0 Å². The fourth-order valence-electron chi connectivity index (χ4n) is 2.97. The molecule has 20 heavy (non-hydrogen) atoms. The highest BCUT2D eigenvalue weighted by atomic mass is 15.5. The molecule has 0 unspecified atom stereocenters. The molecule has 0 amide bonds. The molecule has 0 fully saturated rings. The highest BCUT2D eigenvalue weighted by molar-refractivity contribution is 5.24. The van der Waals surface area contributed by atoms with Crippen molar-refractivity contribution in [3.8, 4) is 0 Å². The number of hydrazone groups is 1. The second-order valence-corrected chi connectivity index (χ2v) is 8.48. The number of hydrogen-bond acceptors (Lipinski definition) is 2. The number of hydrogen-bond donors (Lipinski definition) is 0. The Morgan fingerprint density at radius 2 is 1.60 bits per heavy atom. The number of rotatable bonds is 7. The molecule has 0 atom stereocenters. The van der Waals surface area contributed by atoms with Crippen molar-refractivity contribution in [1.29, 1.82) is 0 Å². The highest BCUT2D eigenvalue weighted by Gasteiger charge is 2.31. The Bertz CT molecular complexity index is 343. The van der Waals surface area contributed by atoms with Crippen molar-refractivity contribution in [2.24, 2.45) is 15.9 Å². The topological polar surface area (TPSA) is 15.6 Å². The molecule has 0 aromatic heterocycles. The smallest absolute Gasteiger partial charge is 0.0576 e. The normalized spacial score (nSPS) is 14.3. The molecule has 0 rings (SSSR count). The molecule has 0 radical (unpaired) electrons. The SMILES string of the molecule is C=NN(/C=C(\C)C(C)(C)CCC)C(C)(C)CC(C)(C)C. The molecule has 0 bridgehead atoms. The van der Waals surface area contributed by atoms with Crippen molar-refractivity contribution < 1.29 is 0 Å². The summed E-state index contributed by atoms with van der Waals surface area (Å²) in [6.07, 6.45) is 5.65. The second-order valence-electron chi connectivity index (χ2n) is 8.48. The molecular weight excluding hydrogens is 244 g/mol. The van der Waals surface area contributed by atoms with E-state index in [0.717, 1.165) is 6.42 Å². The predicted molar refractivity (Wildman–Crippen MR) is 92.0 cm³/mol. The van der Waals surface area contributed by atoms with E-state index in [1.54, 1.807) is 0 Å². The lowest BCUT2D eigenvalue weighted by Crippen LogP contribution is -2.40. The van der Waals surface area contributed by atoms with Crippen molar-refractivity contribution in [2.75, 3.05) is 0 Å². The van der Waals surface area contributed by atoms with E-state index < -0.39 is 0 Å². The van der Waals surface area contributed by atoms with Crippen LogP contribution in [0.3, 0.4) is 0 Å². The molecule has 0 aromatic carbocycles. The number of allylic oxidation sites excluding steroid dienone is 1. The third kappa shape index (κ3) is 6.11. The van der Waals surface area contributed by atoms with Crippen LogP contribution in [0.4, 0.5) is 0 Å². The molecule has 0 saturated carbocycles. The van der Waals surface area contributed by atoms with Gasteiger partial charge in [0, 0.05) is 12.9 Å². The van der Waals surface area contributed by atoms with Crippen LogP contribution in [0, 0.1) is 10.8 Å². The summed E-state index contributed by atoms with van der Waals surface area (Å²) in [5.74, 6) is 0. The largest absolute Gasteiger partial charge is 0.268 e. The van der Waals surface area contributed by atoms with Gasteiger partial charge >= 0.3 is 0 Å². The van der Waals surface area contributed by atoms with Crippen molar-refractivity contribution in [1.82, 2.24) is 5.01 Å². The highest BCUT2D eigenvalue weighted by Crippen LogP contribution is 2.35. The van der Waals surface area contributed by atoms with Crippen molar-refractivity contribution in [3.63, 3.8) is 0 Å². The third-order valence-electron chi connectivity index (χ3n) is 3.99. The Morgan fingerprint density at radius 1 is 1.10 bits per heavy atom. The minimum Gasteiger partial charge on any atom is -0.268 e. The first kappa shape index (κ1) is 19.2. The van der Waals surface area contributed by atoms with Crippen LogP contribution in [0.5, 0.6) is 0 Å². The molecule has 0 spiro atoms. The van der Waals surface area contributed by atoms with E-state index in [4.69, 9.17) is 0 Å². The van der Waals surface area contributed by atoms with Gasteiger partial charge in [-0.2, -0.15) is 5.10 Å². The average Bonchev–Trinajstić information content (AvgIpc) is 2.21. The standard InChI is InChI=1S/C18H36N2/c1-11-12-17(6,7)15(2)13-20(19-10)18(8,9)14-16(3,4)5/h13H,10-12,14H2,1-9H3/b15-13+. The molecule has 118 valence electrons. The van der Waals surface area contributed by atoms with E-state index in [-0.39, 0.29) is 16.4 Å². The van der Waals surface area contributed by atoms with E-state index in [0.29, 0.717) is 0 Å². The number of nitrogens with zero attached hydrogens (tertiary/aromatic N) is 2. The Balaban J connectivity index is 5.24. The Morgan fingerprint density at radius 3 is 1.95 bits per heavy atom. The minimum atomic E-state index is -0.0243. The van der Waals surface area contributed by atoms with Crippen LogP contribution in [0.1, 0.15) is 81.6 Å². The summed E-state index contributed by atoms with van der Waals surface area (Å²) in [5.41, 5.74) is 1.83. The zero-order valence-corrected chi connectivity index (χ0v) is 15.3. The molecule has 0 aliphatic heterocycles. The maximum atomic E-state index is 4.26. The van der Waals surface area contributed by atoms with Gasteiger partial charge in [-0.25, -0.2) is 0 Å². The summed E-state index contributed by atoms with van der Waals surface area (Å²) in [6.45, 7) is 24.1. The Hall–Kier alpha value is -0.790. The van der Waals surface area contributed by atoms with Gasteiger partial charge in [-0.3, -0.25) is 5.01 Å². The van der Waals surface area contributed by atoms with Crippen molar-refractivity contribution in [2.45, 2.75) is 87.1 Å². The average molecular weight is 280 g/mol. The summed E-state index contributed by atoms with van der Waals surface area (Å²) in [7, 11) is 0. The Kier molecular flexibility index (Phi) is 6.51. The van der Waals surface area contributed by atoms with Crippen LogP contribution < -0.4 is 0 Å². The predicted octanol–water partition coefficient (Wildman–Crippen LogP) is 5.85. The quantitative estimate of drug-likeness (QED) is 0.422. The molecular formula is C18H36N2. The van der Waals surface area contributed by atoms with Gasteiger partial charge in [0.25, 0.3) is 0 Å². The zero-order chi connectivity index (χ0) is 16.2. The molecule has 0 saturated heterocycles. The molecule has 0 heterocycles. The molecule has 0 aromatic rings. The molecule has 0 aliphatic rings. The zero-order valence-electron chi connectivity index (χ0n) is 15.3. The molecule has 0 aliphatic carbocycles. The van der Waals surface area contributed by atoms with Crippen LogP contribution in [0.2, 0.25) is 0 Å². The summed E-state index contributed by atoms with van der Waals surface area (Å²) in [4.78, 5) is 0. The lowest BCUT2D eigenvalue weighted by molar-refractivity contribution is 0.126. The van der Waals surface area contributed by atoms with Gasteiger partial charge < -0.3 is 0 Å². The monoisotopic (exact) mass is 280 g/mol. The first-order chi connectivity index (χ1) is 8.85. The van der Waals surface area contributed by atoms with E-state index in [9.17, 15) is 0 Å². The van der Waals surface area contributed by atoms with E-state index in [1.807, 2.05) is 5.01 Å². The van der Waals surface area contributed by atoms with Crippen LogP contribution in [-0.2, 0) is 0 Å². The maximum absolute atomic E-state index is 4.26. The van der Waals surface area contributed by atoms with E-state index >= 15 is 0 Å². The van der Waals surface area contributed by atoms with Gasteiger partial charge in [-0.05, 0) is 50.0 Å². The van der Waals surface area contributed by atoms with Crippen LogP contribution in [0.25, 0.3) is 0 Å². The summed E-state index contributed by atoms with van der Waals surface area (Å²) in [6, 6.07) is 0. The lowest BCUT2D eigenvalue weighted by Gasteiger charge is -2.40. The van der Waals surface area contributed by atoms with Crippen LogP contribution >= 0.6 is 0 Å². The lowest BCUT2D eigenvalue weighted by atomic mass is 9.80. The molecule has 2 heteroatoms. The fraction of sp³-hybridized carbons (Fsp3) is 0.833. The van der Waals surface area contributed by atoms with E-state index in [2.05, 4.69) is 80.3 Å². The third-order valence-corrected chi connectivity index (χ3v) is 3.99. The van der Waals surface area contributed by atoms with Crippen molar-refractivity contribution >= 4 is 6.72 Å². The first-order valence-electron chi connectivity index (χ1n) is 7.80. The van der Waals surface area contributed by atoms with Gasteiger partial charge in [0.05, 0.1) is 5.54 Å². The first-order valence-corrected chi connectivity index (χ1v) is 7.80. The van der Waals surface area contributed by atoms with Gasteiger partial charge in [0.1, 0.15) is 0 Å². The van der Waals surface area contributed by atoms with Crippen LogP contribution in [0.15, 0.2) is 16.9 Å². The van der Waals surface area contributed by atoms with Gasteiger partial charge in [0.2, 0.25) is 0 Å². The van der Waals surface area contributed by atoms with E-state index in [1.165, 1.54) is 18.4 Å². The van der Waals surface area contributed by atoms with Crippen molar-refractivity contribution in [3.05, 3.63) is 11.8 Å². The molecule has 2 nitrogen and oxygen atoms in total. The van der Waals surface area contributed by atoms with Gasteiger partial charge in [-0.1, -0.05) is 48.0 Å². The second kappa shape index (κ2) is 6.78. The Labute approximate surface area is 127 Å². The maximum Gasteiger partial charge on any atom is 0.0576 e. The summed E-state index contributed by atoms with van der Waals surface area (Å²) < 4.78 is 0. The molecule has 0 N–H and O–H groups in total. The van der Waals surface area contributed by atoms with Gasteiger partial charge in [0.15, 0.2) is 0 Å².